The quantitative estimate of drug-likeness (QED) is 0.451. The molecule has 0 aliphatic carbocycles. The van der Waals surface area contributed by atoms with E-state index in [0.717, 1.165) is 45.4 Å². The molecule has 0 spiro atoms. The second-order valence-corrected chi connectivity index (χ2v) is 8.23. The van der Waals surface area contributed by atoms with Crippen molar-refractivity contribution in [3.8, 4) is 16.3 Å². The molecule has 1 N–H and O–H groups in total. The Kier molecular flexibility index (Phi) is 5.50. The number of para-hydroxylation sites is 1. The van der Waals surface area contributed by atoms with Crippen LogP contribution in [0.3, 0.4) is 0 Å². The molecule has 0 aliphatic rings. The minimum atomic E-state index is -0.153. The third kappa shape index (κ3) is 3.78. The van der Waals surface area contributed by atoms with E-state index in [-0.39, 0.29) is 5.91 Å². The first-order chi connectivity index (χ1) is 14.5. The number of aryl methyl sites for hydroxylation is 3. The molecule has 0 saturated heterocycles. The number of amides is 1. The van der Waals surface area contributed by atoms with Crippen molar-refractivity contribution in [2.75, 3.05) is 5.32 Å². The number of benzene rings is 2. The highest BCUT2D eigenvalue weighted by molar-refractivity contribution is 7.17. The van der Waals surface area contributed by atoms with Crippen molar-refractivity contribution in [3.05, 3.63) is 82.1 Å². The van der Waals surface area contributed by atoms with E-state index >= 15 is 0 Å². The summed E-state index contributed by atoms with van der Waals surface area (Å²) in [5, 5.41) is 8.52. The smallest absolute Gasteiger partial charge is 0.267 e. The zero-order valence-corrected chi connectivity index (χ0v) is 18.4. The number of carbonyl (C=O) groups is 1. The number of aromatic nitrogens is 3. The van der Waals surface area contributed by atoms with Gasteiger partial charge in [-0.25, -0.2) is 9.67 Å². The fraction of sp³-hybridized carbons (Fsp3) is 0.208. The second-order valence-electron chi connectivity index (χ2n) is 7.23. The predicted octanol–water partition coefficient (Wildman–Crippen LogP) is 5.74. The summed E-state index contributed by atoms with van der Waals surface area (Å²) in [6, 6.07) is 18.3. The van der Waals surface area contributed by atoms with E-state index in [0.29, 0.717) is 4.88 Å². The number of thiazole rings is 1. The third-order valence-corrected chi connectivity index (χ3v) is 6.35. The van der Waals surface area contributed by atoms with Crippen molar-refractivity contribution in [2.24, 2.45) is 0 Å². The summed E-state index contributed by atoms with van der Waals surface area (Å²) >= 11 is 1.42. The highest BCUT2D eigenvalue weighted by Gasteiger charge is 2.20. The molecule has 0 radical (unpaired) electrons. The monoisotopic (exact) mass is 416 g/mol. The fourth-order valence-electron chi connectivity index (χ4n) is 3.43. The molecule has 1 amide bonds. The first-order valence-corrected chi connectivity index (χ1v) is 10.8. The number of rotatable bonds is 5. The van der Waals surface area contributed by atoms with Crippen LogP contribution in [0.4, 0.5) is 5.69 Å². The fourth-order valence-corrected chi connectivity index (χ4v) is 4.40. The molecule has 4 aromatic rings. The zero-order valence-electron chi connectivity index (χ0n) is 17.6. The van der Waals surface area contributed by atoms with Gasteiger partial charge in [-0.05, 0) is 44.9 Å². The summed E-state index contributed by atoms with van der Waals surface area (Å²) in [4.78, 5) is 18.3. The Morgan fingerprint density at radius 3 is 2.37 bits per heavy atom. The van der Waals surface area contributed by atoms with E-state index in [9.17, 15) is 4.79 Å². The molecular formula is C24H24N4OS. The molecule has 30 heavy (non-hydrogen) atoms. The summed E-state index contributed by atoms with van der Waals surface area (Å²) in [7, 11) is 0. The lowest BCUT2D eigenvalue weighted by Gasteiger charge is -2.06. The molecule has 4 rings (SSSR count). The normalized spacial score (nSPS) is 10.9. The Bertz CT molecular complexity index is 1190. The SMILES string of the molecule is CCc1ccc(-c2nc(C)c(C(=O)Nc3c(C)nn(-c4ccccc4)c3C)s2)cc1. The maximum Gasteiger partial charge on any atom is 0.267 e. The Morgan fingerprint density at radius 2 is 1.70 bits per heavy atom. The van der Waals surface area contributed by atoms with Gasteiger partial charge in [0.2, 0.25) is 0 Å². The molecule has 5 nitrogen and oxygen atoms in total. The van der Waals surface area contributed by atoms with Gasteiger partial charge >= 0.3 is 0 Å². The maximum atomic E-state index is 13.1. The number of nitrogens with zero attached hydrogens (tertiary/aromatic N) is 3. The molecule has 0 fully saturated rings. The van der Waals surface area contributed by atoms with Crippen LogP contribution in [0.2, 0.25) is 0 Å². The molecule has 2 heterocycles. The van der Waals surface area contributed by atoms with Gasteiger partial charge in [-0.2, -0.15) is 5.10 Å². The summed E-state index contributed by atoms with van der Waals surface area (Å²) in [5.41, 5.74) is 6.43. The van der Waals surface area contributed by atoms with Crippen LogP contribution in [0.15, 0.2) is 54.6 Å². The van der Waals surface area contributed by atoms with Crippen LogP contribution >= 0.6 is 11.3 Å². The van der Waals surface area contributed by atoms with Gasteiger partial charge in [0.25, 0.3) is 5.91 Å². The molecular weight excluding hydrogens is 392 g/mol. The zero-order chi connectivity index (χ0) is 21.3. The number of anilines is 1. The Hall–Kier alpha value is -3.25. The van der Waals surface area contributed by atoms with Crippen molar-refractivity contribution < 1.29 is 4.79 Å². The predicted molar refractivity (Wildman–Crippen MR) is 123 cm³/mol. The van der Waals surface area contributed by atoms with Crippen molar-refractivity contribution in [3.63, 3.8) is 0 Å². The standard InChI is InChI=1S/C24H24N4OS/c1-5-18-11-13-19(14-12-18)24-25-16(3)22(30-24)23(29)26-21-15(2)27-28(17(21)4)20-9-7-6-8-10-20/h6-14H,5H2,1-4H3,(H,26,29). The van der Waals surface area contributed by atoms with Gasteiger partial charge < -0.3 is 5.32 Å². The van der Waals surface area contributed by atoms with Crippen LogP contribution in [-0.4, -0.2) is 20.7 Å². The molecule has 0 aliphatic heterocycles. The lowest BCUT2D eigenvalue weighted by atomic mass is 10.1. The van der Waals surface area contributed by atoms with Crippen LogP contribution in [0.1, 0.15) is 39.2 Å². The third-order valence-electron chi connectivity index (χ3n) is 5.14. The lowest BCUT2D eigenvalue weighted by molar-refractivity contribution is 0.102. The molecule has 152 valence electrons. The second kappa shape index (κ2) is 8.24. The number of nitrogens with one attached hydrogen (secondary N) is 1. The molecule has 0 bridgehead atoms. The first-order valence-electron chi connectivity index (χ1n) is 9.97. The highest BCUT2D eigenvalue weighted by atomic mass is 32.1. The van der Waals surface area contributed by atoms with E-state index in [2.05, 4.69) is 46.6 Å². The molecule has 6 heteroatoms. The van der Waals surface area contributed by atoms with Gasteiger partial charge in [0.05, 0.1) is 28.5 Å². The Balaban J connectivity index is 1.60. The minimum absolute atomic E-state index is 0.153. The summed E-state index contributed by atoms with van der Waals surface area (Å²) in [6.45, 7) is 7.88. The largest absolute Gasteiger partial charge is 0.318 e. The van der Waals surface area contributed by atoms with Gasteiger partial charge in [0.15, 0.2) is 0 Å². The van der Waals surface area contributed by atoms with E-state index in [1.165, 1.54) is 16.9 Å². The number of hydrogen-bond acceptors (Lipinski definition) is 4. The lowest BCUT2D eigenvalue weighted by Crippen LogP contribution is -2.13. The maximum absolute atomic E-state index is 13.1. The van der Waals surface area contributed by atoms with Crippen molar-refractivity contribution in [1.29, 1.82) is 0 Å². The Morgan fingerprint density at radius 1 is 1.00 bits per heavy atom. The van der Waals surface area contributed by atoms with Crippen LogP contribution < -0.4 is 5.32 Å². The molecule has 0 atom stereocenters. The van der Waals surface area contributed by atoms with Gasteiger partial charge in [0.1, 0.15) is 9.88 Å². The van der Waals surface area contributed by atoms with Gasteiger partial charge in [-0.1, -0.05) is 49.4 Å². The van der Waals surface area contributed by atoms with Crippen molar-refractivity contribution >= 4 is 22.9 Å². The Labute approximate surface area is 180 Å². The van der Waals surface area contributed by atoms with Gasteiger partial charge in [0, 0.05) is 5.56 Å². The minimum Gasteiger partial charge on any atom is -0.318 e. The van der Waals surface area contributed by atoms with E-state index in [1.54, 1.807) is 0 Å². The van der Waals surface area contributed by atoms with E-state index in [4.69, 9.17) is 0 Å². The van der Waals surface area contributed by atoms with Crippen molar-refractivity contribution in [2.45, 2.75) is 34.1 Å². The van der Waals surface area contributed by atoms with E-state index < -0.39 is 0 Å². The van der Waals surface area contributed by atoms with Crippen LogP contribution in [0, 0.1) is 20.8 Å². The molecule has 0 unspecified atom stereocenters. The highest BCUT2D eigenvalue weighted by Crippen LogP contribution is 2.30. The topological polar surface area (TPSA) is 59.8 Å². The summed E-state index contributed by atoms with van der Waals surface area (Å²) < 4.78 is 1.85. The molecule has 2 aromatic heterocycles. The average molecular weight is 417 g/mol. The number of hydrogen-bond donors (Lipinski definition) is 1. The van der Waals surface area contributed by atoms with Gasteiger partial charge in [-0.15, -0.1) is 11.3 Å². The molecule has 0 saturated carbocycles. The summed E-state index contributed by atoms with van der Waals surface area (Å²) in [5.74, 6) is -0.153. The average Bonchev–Trinajstić information content (AvgIpc) is 3.29. The van der Waals surface area contributed by atoms with Crippen LogP contribution in [0.25, 0.3) is 16.3 Å². The summed E-state index contributed by atoms with van der Waals surface area (Å²) in [6.07, 6.45) is 1.00. The van der Waals surface area contributed by atoms with E-state index in [1.807, 2.05) is 55.8 Å². The van der Waals surface area contributed by atoms with Crippen molar-refractivity contribution in [1.82, 2.24) is 14.8 Å². The van der Waals surface area contributed by atoms with Crippen LogP contribution in [-0.2, 0) is 6.42 Å². The first kappa shape index (κ1) is 20.0. The molecule has 2 aromatic carbocycles. The van der Waals surface area contributed by atoms with Gasteiger partial charge in [-0.3, -0.25) is 4.79 Å². The van der Waals surface area contributed by atoms with Crippen LogP contribution in [0.5, 0.6) is 0 Å². The number of carbonyl (C=O) groups excluding carboxylic acids is 1.